The van der Waals surface area contributed by atoms with Crippen molar-refractivity contribution in [2.24, 2.45) is 0 Å². The zero-order chi connectivity index (χ0) is 27.7. The molecular formula is C31H33NO6. The van der Waals surface area contributed by atoms with Gasteiger partial charge in [-0.3, -0.25) is 14.5 Å². The summed E-state index contributed by atoms with van der Waals surface area (Å²) in [6.45, 7) is 9.83. The SMILES string of the molecule is CCOc1cc(C2/C(=C(\O)c3cc(C)c(OC)cc3C)C(=O)C(=O)N2c2cc(C)cc(C)c2)ccc1OC. The molecule has 7 nitrogen and oxygen atoms in total. The summed E-state index contributed by atoms with van der Waals surface area (Å²) in [6, 6.07) is 13.7. The van der Waals surface area contributed by atoms with E-state index in [1.165, 1.54) is 4.90 Å². The average molecular weight is 516 g/mol. The summed E-state index contributed by atoms with van der Waals surface area (Å²) in [5, 5.41) is 11.6. The van der Waals surface area contributed by atoms with E-state index in [0.29, 0.717) is 46.2 Å². The van der Waals surface area contributed by atoms with Crippen LogP contribution in [-0.4, -0.2) is 37.6 Å². The first kappa shape index (κ1) is 26.8. The number of anilines is 1. The minimum absolute atomic E-state index is 0.00874. The predicted octanol–water partition coefficient (Wildman–Crippen LogP) is 5.96. The van der Waals surface area contributed by atoms with E-state index in [2.05, 4.69) is 0 Å². The Morgan fingerprint density at radius 1 is 0.842 bits per heavy atom. The third-order valence-electron chi connectivity index (χ3n) is 6.73. The third kappa shape index (κ3) is 4.72. The first-order chi connectivity index (χ1) is 18.1. The van der Waals surface area contributed by atoms with Gasteiger partial charge in [0.15, 0.2) is 11.5 Å². The number of aryl methyl sites for hydroxylation is 4. The molecule has 0 bridgehead atoms. The van der Waals surface area contributed by atoms with Crippen LogP contribution in [0, 0.1) is 27.7 Å². The fourth-order valence-corrected chi connectivity index (χ4v) is 5.05. The second kappa shape index (κ2) is 10.6. The number of rotatable bonds is 7. The summed E-state index contributed by atoms with van der Waals surface area (Å²) in [7, 11) is 3.13. The Balaban J connectivity index is 2.02. The van der Waals surface area contributed by atoms with Crippen molar-refractivity contribution in [2.45, 2.75) is 40.7 Å². The molecule has 1 heterocycles. The Hall–Kier alpha value is -4.26. The number of amides is 1. The zero-order valence-electron chi connectivity index (χ0n) is 22.8. The molecule has 38 heavy (non-hydrogen) atoms. The van der Waals surface area contributed by atoms with Gasteiger partial charge in [-0.25, -0.2) is 0 Å². The molecule has 1 fully saturated rings. The first-order valence-corrected chi connectivity index (χ1v) is 12.5. The number of carbonyl (C=O) groups is 2. The second-order valence-corrected chi connectivity index (χ2v) is 9.50. The van der Waals surface area contributed by atoms with Gasteiger partial charge >= 0.3 is 0 Å². The number of hydrogen-bond donors (Lipinski definition) is 1. The van der Waals surface area contributed by atoms with E-state index in [1.807, 2.05) is 52.8 Å². The molecule has 1 unspecified atom stereocenters. The van der Waals surface area contributed by atoms with Crippen LogP contribution in [0.5, 0.6) is 17.2 Å². The summed E-state index contributed by atoms with van der Waals surface area (Å²) < 4.78 is 16.7. The van der Waals surface area contributed by atoms with E-state index in [1.54, 1.807) is 44.6 Å². The molecule has 1 atom stereocenters. The maximum Gasteiger partial charge on any atom is 0.300 e. The number of aliphatic hydroxyl groups is 1. The summed E-state index contributed by atoms with van der Waals surface area (Å²) in [5.41, 5.74) is 5.06. The largest absolute Gasteiger partial charge is 0.507 e. The Morgan fingerprint density at radius 2 is 1.50 bits per heavy atom. The molecule has 3 aromatic carbocycles. The van der Waals surface area contributed by atoms with Crippen LogP contribution in [0.2, 0.25) is 0 Å². The monoisotopic (exact) mass is 515 g/mol. The number of benzene rings is 3. The van der Waals surface area contributed by atoms with Gasteiger partial charge in [-0.2, -0.15) is 0 Å². The number of aliphatic hydroxyl groups excluding tert-OH is 1. The highest BCUT2D eigenvalue weighted by Crippen LogP contribution is 2.45. The van der Waals surface area contributed by atoms with Crippen LogP contribution >= 0.6 is 0 Å². The Bertz CT molecular complexity index is 1430. The van der Waals surface area contributed by atoms with E-state index in [4.69, 9.17) is 14.2 Å². The lowest BCUT2D eigenvalue weighted by molar-refractivity contribution is -0.132. The normalized spacial score (nSPS) is 16.6. The number of carbonyl (C=O) groups excluding carboxylic acids is 2. The topological polar surface area (TPSA) is 85.3 Å². The summed E-state index contributed by atoms with van der Waals surface area (Å²) in [6.07, 6.45) is 0. The zero-order valence-corrected chi connectivity index (χ0v) is 22.8. The maximum absolute atomic E-state index is 13.6. The first-order valence-electron chi connectivity index (χ1n) is 12.5. The molecule has 0 spiro atoms. The molecule has 4 rings (SSSR count). The van der Waals surface area contributed by atoms with Crippen LogP contribution < -0.4 is 19.1 Å². The van der Waals surface area contributed by atoms with Crippen molar-refractivity contribution < 1.29 is 28.9 Å². The van der Waals surface area contributed by atoms with Crippen LogP contribution in [0.15, 0.2) is 54.1 Å². The Kier molecular flexibility index (Phi) is 7.49. The van der Waals surface area contributed by atoms with Crippen molar-refractivity contribution in [3.05, 3.63) is 87.5 Å². The fraction of sp³-hybridized carbons (Fsp3) is 0.290. The minimum atomic E-state index is -0.886. The highest BCUT2D eigenvalue weighted by molar-refractivity contribution is 6.51. The molecule has 1 saturated heterocycles. The lowest BCUT2D eigenvalue weighted by Gasteiger charge is -2.27. The van der Waals surface area contributed by atoms with Crippen molar-refractivity contribution in [1.29, 1.82) is 0 Å². The second-order valence-electron chi connectivity index (χ2n) is 9.50. The number of nitrogens with zero attached hydrogens (tertiary/aromatic N) is 1. The summed E-state index contributed by atoms with van der Waals surface area (Å²) in [4.78, 5) is 28.7. The van der Waals surface area contributed by atoms with Crippen LogP contribution in [0.1, 0.15) is 46.3 Å². The number of Topliss-reactive ketones (excluding diaryl/α,β-unsaturated/α-hetero) is 1. The number of ketones is 1. The third-order valence-corrected chi connectivity index (χ3v) is 6.73. The predicted molar refractivity (Wildman–Crippen MR) is 147 cm³/mol. The highest BCUT2D eigenvalue weighted by Gasteiger charge is 2.47. The van der Waals surface area contributed by atoms with Crippen LogP contribution in [0.3, 0.4) is 0 Å². The lowest BCUT2D eigenvalue weighted by Crippen LogP contribution is -2.29. The van der Waals surface area contributed by atoms with Crippen molar-refractivity contribution in [1.82, 2.24) is 0 Å². The molecule has 0 aliphatic carbocycles. The van der Waals surface area contributed by atoms with E-state index in [0.717, 1.165) is 16.7 Å². The van der Waals surface area contributed by atoms with Gasteiger partial charge in [-0.1, -0.05) is 12.1 Å². The fourth-order valence-electron chi connectivity index (χ4n) is 5.05. The molecule has 1 aliphatic rings. The van der Waals surface area contributed by atoms with Gasteiger partial charge in [-0.05, 0) is 98.8 Å². The minimum Gasteiger partial charge on any atom is -0.507 e. The Labute approximate surface area is 223 Å². The summed E-state index contributed by atoms with van der Waals surface area (Å²) in [5.74, 6) is -0.0258. The van der Waals surface area contributed by atoms with Gasteiger partial charge in [0.2, 0.25) is 0 Å². The van der Waals surface area contributed by atoms with Gasteiger partial charge < -0.3 is 19.3 Å². The van der Waals surface area contributed by atoms with Crippen molar-refractivity contribution in [3.63, 3.8) is 0 Å². The van der Waals surface area contributed by atoms with Crippen molar-refractivity contribution in [2.75, 3.05) is 25.7 Å². The smallest absolute Gasteiger partial charge is 0.300 e. The molecule has 1 amide bonds. The Morgan fingerprint density at radius 3 is 2.11 bits per heavy atom. The standard InChI is InChI=1S/C31H33NO6/c1-8-38-26-16-21(9-10-24(26)36-6)28-27(29(33)23-14-20(5)25(37-7)15-19(23)4)30(34)31(35)32(28)22-12-17(2)11-18(3)13-22/h9-16,28,33H,8H2,1-7H3/b29-27+. The van der Waals surface area contributed by atoms with E-state index in [9.17, 15) is 14.7 Å². The molecule has 0 aromatic heterocycles. The van der Waals surface area contributed by atoms with Crippen LogP contribution in [0.25, 0.3) is 5.76 Å². The van der Waals surface area contributed by atoms with Crippen LogP contribution in [-0.2, 0) is 9.59 Å². The molecule has 1 aliphatic heterocycles. The number of methoxy groups -OCH3 is 2. The molecule has 1 N–H and O–H groups in total. The molecule has 0 radical (unpaired) electrons. The quantitative estimate of drug-likeness (QED) is 0.237. The maximum atomic E-state index is 13.6. The molecular weight excluding hydrogens is 482 g/mol. The van der Waals surface area contributed by atoms with E-state index >= 15 is 0 Å². The number of ether oxygens (including phenoxy) is 3. The van der Waals surface area contributed by atoms with Crippen molar-refractivity contribution >= 4 is 23.1 Å². The van der Waals surface area contributed by atoms with Crippen LogP contribution in [0.4, 0.5) is 5.69 Å². The lowest BCUT2D eigenvalue weighted by atomic mass is 9.92. The van der Waals surface area contributed by atoms with Gasteiger partial charge in [-0.15, -0.1) is 0 Å². The van der Waals surface area contributed by atoms with Gasteiger partial charge in [0.1, 0.15) is 11.5 Å². The van der Waals surface area contributed by atoms with Crippen molar-refractivity contribution in [3.8, 4) is 17.2 Å². The van der Waals surface area contributed by atoms with E-state index < -0.39 is 17.7 Å². The number of hydrogen-bond acceptors (Lipinski definition) is 6. The molecule has 3 aromatic rings. The van der Waals surface area contributed by atoms with Gasteiger partial charge in [0.25, 0.3) is 11.7 Å². The van der Waals surface area contributed by atoms with Gasteiger partial charge in [0, 0.05) is 11.3 Å². The van der Waals surface area contributed by atoms with Gasteiger partial charge in [0.05, 0.1) is 32.4 Å². The summed E-state index contributed by atoms with van der Waals surface area (Å²) >= 11 is 0. The average Bonchev–Trinajstić information content (AvgIpc) is 3.14. The molecule has 0 saturated carbocycles. The molecule has 7 heteroatoms. The molecule has 198 valence electrons. The van der Waals surface area contributed by atoms with E-state index in [-0.39, 0.29) is 11.3 Å². The highest BCUT2D eigenvalue weighted by atomic mass is 16.5.